The Morgan fingerprint density at radius 1 is 1.38 bits per heavy atom. The second kappa shape index (κ2) is 4.40. The maximum atomic E-state index is 11.3. The van der Waals surface area contributed by atoms with E-state index in [1.54, 1.807) is 24.3 Å². The summed E-state index contributed by atoms with van der Waals surface area (Å²) in [7, 11) is 0. The van der Waals surface area contributed by atoms with Crippen molar-refractivity contribution < 1.29 is 9.90 Å². The average Bonchev–Trinajstić information content (AvgIpc) is 2.20. The second-order valence-electron chi connectivity index (χ2n) is 3.96. The first-order valence-corrected chi connectivity index (χ1v) is 5.24. The van der Waals surface area contributed by atoms with Crippen molar-refractivity contribution in [3.63, 3.8) is 0 Å². The molecule has 0 aromatic heterocycles. The van der Waals surface area contributed by atoms with Crippen molar-refractivity contribution in [2.45, 2.75) is 25.7 Å². The fourth-order valence-corrected chi connectivity index (χ4v) is 1.69. The minimum absolute atomic E-state index is 0.0301. The third kappa shape index (κ3) is 2.64. The number of hydrogen-bond donors (Lipinski definition) is 4. The van der Waals surface area contributed by atoms with Gasteiger partial charge in [0.15, 0.2) is 6.29 Å². The zero-order chi connectivity index (χ0) is 11.5. The van der Waals surface area contributed by atoms with Crippen molar-refractivity contribution in [3.8, 4) is 5.75 Å². The lowest BCUT2D eigenvalue weighted by Gasteiger charge is -2.30. The molecule has 0 bridgehead atoms. The Labute approximate surface area is 93.9 Å². The van der Waals surface area contributed by atoms with Crippen LogP contribution in [0.4, 0.5) is 5.69 Å². The van der Waals surface area contributed by atoms with Crippen molar-refractivity contribution in [3.05, 3.63) is 24.3 Å². The molecule has 1 fully saturated rings. The Balaban J connectivity index is 1.98. The molecule has 0 aliphatic carbocycles. The summed E-state index contributed by atoms with van der Waals surface area (Å²) in [5.74, 6) is 0.252. The smallest absolute Gasteiger partial charge is 0.224 e. The number of hydrogen-bond acceptors (Lipinski definition) is 4. The highest BCUT2D eigenvalue weighted by Gasteiger charge is 2.22. The van der Waals surface area contributed by atoms with E-state index in [-0.39, 0.29) is 24.0 Å². The van der Waals surface area contributed by atoms with Crippen molar-refractivity contribution in [2.75, 3.05) is 5.32 Å². The fraction of sp³-hybridized carbons (Fsp3) is 0.364. The molecule has 1 aromatic carbocycles. The molecule has 0 saturated carbocycles. The van der Waals surface area contributed by atoms with E-state index in [0.29, 0.717) is 6.42 Å². The van der Waals surface area contributed by atoms with Gasteiger partial charge in [0.2, 0.25) is 5.91 Å². The van der Waals surface area contributed by atoms with Gasteiger partial charge in [-0.2, -0.15) is 0 Å². The molecule has 1 aliphatic rings. The minimum atomic E-state index is -0.263. The lowest BCUT2D eigenvalue weighted by Crippen LogP contribution is -2.59. The third-order valence-corrected chi connectivity index (χ3v) is 2.43. The number of aromatic hydroxyl groups is 1. The van der Waals surface area contributed by atoms with Gasteiger partial charge in [0, 0.05) is 18.2 Å². The fourth-order valence-electron chi connectivity index (χ4n) is 1.69. The number of nitrogens with one attached hydrogen (secondary N) is 3. The van der Waals surface area contributed by atoms with Gasteiger partial charge in [-0.15, -0.1) is 0 Å². The number of carbonyl (C=O) groups is 1. The van der Waals surface area contributed by atoms with E-state index in [4.69, 9.17) is 5.11 Å². The molecule has 5 heteroatoms. The summed E-state index contributed by atoms with van der Waals surface area (Å²) in [5.41, 5.74) is 0.838. The van der Waals surface area contributed by atoms with Crippen molar-refractivity contribution in [1.82, 2.24) is 10.6 Å². The quantitative estimate of drug-likeness (QED) is 0.551. The Bertz CT molecular complexity index is 377. The molecular formula is C11H15N3O2. The van der Waals surface area contributed by atoms with Crippen LogP contribution in [0.1, 0.15) is 13.3 Å². The molecule has 16 heavy (non-hydrogen) atoms. The number of phenols is 1. The molecule has 5 nitrogen and oxygen atoms in total. The number of amides is 1. The molecular weight excluding hydrogens is 206 g/mol. The summed E-state index contributed by atoms with van der Waals surface area (Å²) in [6.45, 7) is 1.96. The molecule has 2 rings (SSSR count). The van der Waals surface area contributed by atoms with Gasteiger partial charge in [0.05, 0.1) is 0 Å². The Morgan fingerprint density at radius 3 is 2.69 bits per heavy atom. The summed E-state index contributed by atoms with van der Waals surface area (Å²) in [6, 6.07) is 6.85. The van der Waals surface area contributed by atoms with Crippen LogP contribution in [0.15, 0.2) is 24.3 Å². The van der Waals surface area contributed by atoms with Gasteiger partial charge in [-0.3, -0.25) is 10.1 Å². The van der Waals surface area contributed by atoms with E-state index in [1.165, 1.54) is 0 Å². The predicted octanol–water partition coefficient (Wildman–Crippen LogP) is 0.586. The SMILES string of the molecule is CC1CC(=O)NC(Nc2ccc(O)cc2)N1. The van der Waals surface area contributed by atoms with Gasteiger partial charge in [0.25, 0.3) is 0 Å². The highest BCUT2D eigenvalue weighted by Crippen LogP contribution is 2.14. The van der Waals surface area contributed by atoms with E-state index in [1.807, 2.05) is 6.92 Å². The van der Waals surface area contributed by atoms with Crippen LogP contribution in [0.25, 0.3) is 0 Å². The predicted molar refractivity (Wildman–Crippen MR) is 60.9 cm³/mol. The normalized spacial score (nSPS) is 24.9. The molecule has 2 atom stereocenters. The van der Waals surface area contributed by atoms with Gasteiger partial charge in [-0.25, -0.2) is 0 Å². The van der Waals surface area contributed by atoms with Gasteiger partial charge >= 0.3 is 0 Å². The van der Waals surface area contributed by atoms with Gasteiger partial charge < -0.3 is 15.7 Å². The summed E-state index contributed by atoms with van der Waals surface area (Å²) in [5, 5.41) is 18.2. The van der Waals surface area contributed by atoms with E-state index in [2.05, 4.69) is 16.0 Å². The van der Waals surface area contributed by atoms with Gasteiger partial charge in [-0.05, 0) is 31.2 Å². The summed E-state index contributed by atoms with van der Waals surface area (Å²) in [6.07, 6.45) is 0.231. The van der Waals surface area contributed by atoms with Crippen molar-refractivity contribution in [2.24, 2.45) is 0 Å². The molecule has 1 amide bonds. The van der Waals surface area contributed by atoms with Crippen LogP contribution in [0.3, 0.4) is 0 Å². The van der Waals surface area contributed by atoms with Crippen LogP contribution in [0, 0.1) is 0 Å². The monoisotopic (exact) mass is 221 g/mol. The lowest BCUT2D eigenvalue weighted by molar-refractivity contribution is -0.123. The van der Waals surface area contributed by atoms with Crippen LogP contribution in [0.2, 0.25) is 0 Å². The number of anilines is 1. The standard InChI is InChI=1S/C11H15N3O2/c1-7-6-10(16)14-11(12-7)13-8-2-4-9(15)5-3-8/h2-5,7,11-13,15H,6H2,1H3,(H,14,16). The van der Waals surface area contributed by atoms with Gasteiger partial charge in [0.1, 0.15) is 5.75 Å². The summed E-state index contributed by atoms with van der Waals surface area (Å²) >= 11 is 0. The largest absolute Gasteiger partial charge is 0.508 e. The number of benzene rings is 1. The molecule has 86 valence electrons. The zero-order valence-corrected chi connectivity index (χ0v) is 9.03. The summed E-state index contributed by atoms with van der Waals surface area (Å²) in [4.78, 5) is 11.3. The molecule has 0 radical (unpaired) electrons. The van der Waals surface area contributed by atoms with Crippen LogP contribution in [0.5, 0.6) is 5.75 Å². The van der Waals surface area contributed by atoms with Crippen LogP contribution in [-0.2, 0) is 4.79 Å². The van der Waals surface area contributed by atoms with Crippen LogP contribution >= 0.6 is 0 Å². The average molecular weight is 221 g/mol. The first-order valence-electron chi connectivity index (χ1n) is 5.24. The molecule has 1 aliphatic heterocycles. The van der Waals surface area contributed by atoms with Gasteiger partial charge in [-0.1, -0.05) is 0 Å². The van der Waals surface area contributed by atoms with E-state index in [0.717, 1.165) is 5.69 Å². The number of carbonyl (C=O) groups excluding carboxylic acids is 1. The van der Waals surface area contributed by atoms with E-state index >= 15 is 0 Å². The maximum Gasteiger partial charge on any atom is 0.224 e. The first kappa shape index (κ1) is 10.8. The first-order chi connectivity index (χ1) is 7.63. The molecule has 1 saturated heterocycles. The Morgan fingerprint density at radius 2 is 2.06 bits per heavy atom. The zero-order valence-electron chi connectivity index (χ0n) is 9.03. The van der Waals surface area contributed by atoms with Crippen LogP contribution < -0.4 is 16.0 Å². The molecule has 1 aromatic rings. The molecule has 1 heterocycles. The second-order valence-corrected chi connectivity index (χ2v) is 3.96. The summed E-state index contributed by atoms with van der Waals surface area (Å²) < 4.78 is 0. The maximum absolute atomic E-state index is 11.3. The highest BCUT2D eigenvalue weighted by atomic mass is 16.3. The van der Waals surface area contributed by atoms with Crippen LogP contribution in [-0.4, -0.2) is 23.3 Å². The lowest BCUT2D eigenvalue weighted by atomic mass is 10.2. The van der Waals surface area contributed by atoms with E-state index in [9.17, 15) is 4.79 Å². The third-order valence-electron chi connectivity index (χ3n) is 2.43. The minimum Gasteiger partial charge on any atom is -0.508 e. The number of rotatable bonds is 2. The Hall–Kier alpha value is -1.75. The molecule has 4 N–H and O–H groups in total. The highest BCUT2D eigenvalue weighted by molar-refractivity contribution is 5.78. The Kier molecular flexibility index (Phi) is 2.96. The van der Waals surface area contributed by atoms with E-state index < -0.39 is 0 Å². The van der Waals surface area contributed by atoms with Crippen molar-refractivity contribution >= 4 is 11.6 Å². The topological polar surface area (TPSA) is 73.4 Å². The molecule has 0 spiro atoms. The molecule has 2 unspecified atom stereocenters. The number of phenolic OH excluding ortho intramolecular Hbond substituents is 1. The van der Waals surface area contributed by atoms with Crippen molar-refractivity contribution in [1.29, 1.82) is 0 Å².